The Bertz CT molecular complexity index is 1220. The number of benzene rings is 2. The molecule has 2 aromatic carbocycles. The van der Waals surface area contributed by atoms with Gasteiger partial charge in [-0.1, -0.05) is 11.3 Å². The molecule has 0 fully saturated rings. The maximum Gasteiger partial charge on any atom is 0.257 e. The van der Waals surface area contributed by atoms with Crippen molar-refractivity contribution in [2.75, 3.05) is 24.9 Å². The van der Waals surface area contributed by atoms with Gasteiger partial charge in [-0.05, 0) is 48.5 Å². The van der Waals surface area contributed by atoms with Gasteiger partial charge in [0.25, 0.3) is 5.91 Å². The van der Waals surface area contributed by atoms with Crippen LogP contribution in [0.2, 0.25) is 0 Å². The van der Waals surface area contributed by atoms with Crippen LogP contribution in [-0.2, 0) is 6.54 Å². The molecule has 0 saturated carbocycles. The van der Waals surface area contributed by atoms with Crippen LogP contribution in [0, 0.1) is 5.82 Å². The third-order valence-electron chi connectivity index (χ3n) is 4.64. The van der Waals surface area contributed by atoms with Gasteiger partial charge in [0, 0.05) is 29.2 Å². The van der Waals surface area contributed by atoms with Crippen molar-refractivity contribution in [2.45, 2.75) is 6.54 Å². The largest absolute Gasteiger partial charge is 0.493 e. The molecule has 0 bridgehead atoms. The number of rotatable bonds is 8. The standard InChI is InChI=1S/C22H20FN5O3S/c1-30-18-10-9-16(12-19(18)31-2)24-13-17-4-3-11-28(17)22-27-26-21(32-22)25-20(29)14-5-7-15(23)8-6-14/h3-12,24H,13H2,1-2H3,(H,25,26,29). The second kappa shape index (κ2) is 9.48. The van der Waals surface area contributed by atoms with Gasteiger partial charge in [-0.25, -0.2) is 4.39 Å². The van der Waals surface area contributed by atoms with Crippen LogP contribution in [0.15, 0.2) is 60.8 Å². The highest BCUT2D eigenvalue weighted by molar-refractivity contribution is 7.17. The van der Waals surface area contributed by atoms with E-state index >= 15 is 0 Å². The summed E-state index contributed by atoms with van der Waals surface area (Å²) in [5.41, 5.74) is 2.16. The molecule has 0 saturated heterocycles. The SMILES string of the molecule is COc1ccc(NCc2cccn2-c2nnc(NC(=O)c3ccc(F)cc3)s2)cc1OC. The molecule has 0 radical (unpaired) electrons. The molecular formula is C22H20FN5O3S. The molecule has 0 aliphatic heterocycles. The van der Waals surface area contributed by atoms with Crippen LogP contribution in [-0.4, -0.2) is 34.9 Å². The Labute approximate surface area is 187 Å². The van der Waals surface area contributed by atoms with Crippen LogP contribution in [0.3, 0.4) is 0 Å². The van der Waals surface area contributed by atoms with Gasteiger partial charge in [-0.2, -0.15) is 0 Å². The number of ether oxygens (including phenoxy) is 2. The Kier molecular flexibility index (Phi) is 6.31. The summed E-state index contributed by atoms with van der Waals surface area (Å²) in [5.74, 6) is 0.515. The van der Waals surface area contributed by atoms with E-state index in [0.29, 0.717) is 33.9 Å². The molecule has 1 amide bonds. The summed E-state index contributed by atoms with van der Waals surface area (Å²) in [6.07, 6.45) is 1.87. The molecule has 164 valence electrons. The summed E-state index contributed by atoms with van der Waals surface area (Å²) >= 11 is 1.23. The monoisotopic (exact) mass is 453 g/mol. The minimum atomic E-state index is -0.401. The highest BCUT2D eigenvalue weighted by atomic mass is 32.1. The number of nitrogens with zero attached hydrogens (tertiary/aromatic N) is 3. The zero-order chi connectivity index (χ0) is 22.5. The van der Waals surface area contributed by atoms with Gasteiger partial charge >= 0.3 is 0 Å². The fourth-order valence-corrected chi connectivity index (χ4v) is 3.78. The number of carbonyl (C=O) groups excluding carboxylic acids is 1. The van der Waals surface area contributed by atoms with Gasteiger partial charge in [0.15, 0.2) is 11.5 Å². The average Bonchev–Trinajstić information content (AvgIpc) is 3.47. The Hall–Kier alpha value is -3.92. The second-order valence-corrected chi connectivity index (χ2v) is 7.60. The lowest BCUT2D eigenvalue weighted by molar-refractivity contribution is 0.102. The number of hydrogen-bond donors (Lipinski definition) is 2. The van der Waals surface area contributed by atoms with Gasteiger partial charge in [0.1, 0.15) is 5.82 Å². The lowest BCUT2D eigenvalue weighted by Crippen LogP contribution is -2.11. The number of anilines is 2. The van der Waals surface area contributed by atoms with Crippen molar-refractivity contribution in [1.29, 1.82) is 0 Å². The lowest BCUT2D eigenvalue weighted by atomic mass is 10.2. The van der Waals surface area contributed by atoms with Gasteiger partial charge in [0.05, 0.1) is 20.8 Å². The van der Waals surface area contributed by atoms with Gasteiger partial charge < -0.3 is 14.8 Å². The number of methoxy groups -OCH3 is 2. The molecule has 10 heteroatoms. The molecular weight excluding hydrogens is 433 g/mol. The number of hydrogen-bond acceptors (Lipinski definition) is 7. The van der Waals surface area contributed by atoms with Crippen molar-refractivity contribution in [1.82, 2.24) is 14.8 Å². The van der Waals surface area contributed by atoms with Gasteiger partial charge in [-0.3, -0.25) is 14.7 Å². The van der Waals surface area contributed by atoms with Crippen molar-refractivity contribution in [3.63, 3.8) is 0 Å². The zero-order valence-electron chi connectivity index (χ0n) is 17.3. The number of amides is 1. The molecule has 4 aromatic rings. The number of aromatic nitrogens is 3. The van der Waals surface area contributed by atoms with Crippen molar-refractivity contribution >= 4 is 28.1 Å². The quantitative estimate of drug-likeness (QED) is 0.412. The van der Waals surface area contributed by atoms with E-state index in [0.717, 1.165) is 11.4 Å². The van der Waals surface area contributed by atoms with Crippen LogP contribution >= 0.6 is 11.3 Å². The second-order valence-electron chi connectivity index (χ2n) is 6.64. The molecule has 0 unspecified atom stereocenters. The maximum absolute atomic E-state index is 13.0. The summed E-state index contributed by atoms with van der Waals surface area (Å²) in [5, 5.41) is 15.2. The summed E-state index contributed by atoms with van der Waals surface area (Å²) in [6.45, 7) is 0.527. The molecule has 4 rings (SSSR count). The minimum Gasteiger partial charge on any atom is -0.493 e. The van der Waals surface area contributed by atoms with Crippen LogP contribution in [0.1, 0.15) is 16.1 Å². The van der Waals surface area contributed by atoms with E-state index in [-0.39, 0.29) is 5.91 Å². The number of halogens is 1. The summed E-state index contributed by atoms with van der Waals surface area (Å²) < 4.78 is 25.5. The summed E-state index contributed by atoms with van der Waals surface area (Å²) in [4.78, 5) is 12.3. The molecule has 2 heterocycles. The molecule has 2 aromatic heterocycles. The molecule has 32 heavy (non-hydrogen) atoms. The third-order valence-corrected chi connectivity index (χ3v) is 5.48. The minimum absolute atomic E-state index is 0.337. The normalized spacial score (nSPS) is 10.6. The highest BCUT2D eigenvalue weighted by Crippen LogP contribution is 2.30. The van der Waals surface area contributed by atoms with Gasteiger partial charge in [0.2, 0.25) is 10.3 Å². The number of nitrogens with one attached hydrogen (secondary N) is 2. The summed E-state index contributed by atoms with van der Waals surface area (Å²) in [6, 6.07) is 14.8. The van der Waals surface area contributed by atoms with Crippen LogP contribution in [0.25, 0.3) is 5.13 Å². The predicted molar refractivity (Wildman–Crippen MR) is 120 cm³/mol. The Morgan fingerprint density at radius 3 is 2.59 bits per heavy atom. The molecule has 0 aliphatic carbocycles. The van der Waals surface area contributed by atoms with E-state index in [2.05, 4.69) is 20.8 Å². The number of carbonyl (C=O) groups is 1. The van der Waals surface area contributed by atoms with Crippen molar-refractivity contribution in [3.05, 3.63) is 77.9 Å². The molecule has 2 N–H and O–H groups in total. The Balaban J connectivity index is 1.44. The first-order valence-electron chi connectivity index (χ1n) is 9.60. The lowest BCUT2D eigenvalue weighted by Gasteiger charge is -2.12. The maximum atomic E-state index is 13.0. The van der Waals surface area contributed by atoms with Crippen LogP contribution in [0.5, 0.6) is 11.5 Å². The highest BCUT2D eigenvalue weighted by Gasteiger charge is 2.13. The Morgan fingerprint density at radius 1 is 1.06 bits per heavy atom. The van der Waals surface area contributed by atoms with Gasteiger partial charge in [-0.15, -0.1) is 10.2 Å². The smallest absolute Gasteiger partial charge is 0.257 e. The van der Waals surface area contributed by atoms with E-state index in [1.54, 1.807) is 14.2 Å². The van der Waals surface area contributed by atoms with E-state index in [9.17, 15) is 9.18 Å². The van der Waals surface area contributed by atoms with Crippen molar-refractivity contribution in [2.24, 2.45) is 0 Å². The average molecular weight is 453 g/mol. The first-order chi connectivity index (χ1) is 15.6. The van der Waals surface area contributed by atoms with Crippen LogP contribution in [0.4, 0.5) is 15.2 Å². The zero-order valence-corrected chi connectivity index (χ0v) is 18.1. The Morgan fingerprint density at radius 2 is 1.84 bits per heavy atom. The molecule has 0 aliphatic rings. The van der Waals surface area contributed by atoms with Crippen LogP contribution < -0.4 is 20.1 Å². The van der Waals surface area contributed by atoms with Crippen molar-refractivity contribution < 1.29 is 18.7 Å². The fourth-order valence-electron chi connectivity index (χ4n) is 3.02. The molecule has 0 atom stereocenters. The molecule has 8 nitrogen and oxygen atoms in total. The van der Waals surface area contributed by atoms with E-state index in [4.69, 9.17) is 9.47 Å². The fraction of sp³-hybridized carbons (Fsp3) is 0.136. The summed E-state index contributed by atoms with van der Waals surface area (Å²) in [7, 11) is 3.19. The topological polar surface area (TPSA) is 90.3 Å². The van der Waals surface area contributed by atoms with E-state index in [1.807, 2.05) is 41.1 Å². The third kappa shape index (κ3) is 4.70. The predicted octanol–water partition coefficient (Wildman–Crippen LogP) is 4.35. The van der Waals surface area contributed by atoms with E-state index < -0.39 is 5.82 Å². The van der Waals surface area contributed by atoms with E-state index in [1.165, 1.54) is 35.6 Å². The van der Waals surface area contributed by atoms with Crippen molar-refractivity contribution in [3.8, 4) is 16.6 Å². The molecule has 0 spiro atoms. The first-order valence-corrected chi connectivity index (χ1v) is 10.4. The first kappa shape index (κ1) is 21.3.